The average molecular weight is 321 g/mol. The summed E-state index contributed by atoms with van der Waals surface area (Å²) in [6, 6.07) is 3.52. The van der Waals surface area contributed by atoms with E-state index < -0.39 is 0 Å². The highest BCUT2D eigenvalue weighted by atomic mass is 19.1. The first-order chi connectivity index (χ1) is 11.0. The van der Waals surface area contributed by atoms with E-state index >= 15 is 0 Å². The molecule has 0 atom stereocenters. The highest BCUT2D eigenvalue weighted by Crippen LogP contribution is 2.66. The van der Waals surface area contributed by atoms with Gasteiger partial charge in [-0.3, -0.25) is 0 Å². The van der Waals surface area contributed by atoms with Crippen LogP contribution in [0.25, 0.3) is 0 Å². The predicted molar refractivity (Wildman–Crippen MR) is 84.4 cm³/mol. The molecule has 2 saturated carbocycles. The molecule has 1 aromatic carbocycles. The van der Waals surface area contributed by atoms with Gasteiger partial charge in [0.1, 0.15) is 0 Å². The monoisotopic (exact) mass is 321 g/mol. The van der Waals surface area contributed by atoms with Crippen LogP contribution in [0.15, 0.2) is 12.1 Å². The largest absolute Gasteiger partial charge is 0.493 e. The van der Waals surface area contributed by atoms with Crippen molar-refractivity contribution in [2.24, 2.45) is 0 Å². The van der Waals surface area contributed by atoms with Gasteiger partial charge in [0.25, 0.3) is 0 Å². The predicted octanol–water partition coefficient (Wildman–Crippen LogP) is 3.18. The zero-order valence-corrected chi connectivity index (χ0v) is 14.0. The maximum absolute atomic E-state index is 14.6. The summed E-state index contributed by atoms with van der Waals surface area (Å²) < 4.78 is 31.3. The summed E-state index contributed by atoms with van der Waals surface area (Å²) in [5, 5.41) is 3.63. The Kier molecular flexibility index (Phi) is 3.20. The first kappa shape index (κ1) is 15.2. The van der Waals surface area contributed by atoms with Crippen LogP contribution in [0.3, 0.4) is 0 Å². The minimum Gasteiger partial charge on any atom is -0.493 e. The second-order valence-electron chi connectivity index (χ2n) is 7.46. The van der Waals surface area contributed by atoms with Crippen LogP contribution in [0, 0.1) is 5.82 Å². The fourth-order valence-electron chi connectivity index (χ4n) is 4.88. The number of methoxy groups -OCH3 is 2. The fourth-order valence-corrected chi connectivity index (χ4v) is 4.88. The third-order valence-electron chi connectivity index (χ3n) is 6.01. The summed E-state index contributed by atoms with van der Waals surface area (Å²) in [5.41, 5.74) is 0.616. The van der Waals surface area contributed by atoms with Gasteiger partial charge in [0.2, 0.25) is 0 Å². The number of nitrogens with one attached hydrogen (secondary N) is 1. The Hall–Kier alpha value is -1.33. The molecule has 2 heterocycles. The molecule has 5 rings (SSSR count). The molecule has 4 fully saturated rings. The lowest BCUT2D eigenvalue weighted by molar-refractivity contribution is -0.102. The van der Waals surface area contributed by atoms with Gasteiger partial charge in [-0.15, -0.1) is 0 Å². The summed E-state index contributed by atoms with van der Waals surface area (Å²) in [4.78, 5) is 0. The number of hydrogen-bond donors (Lipinski definition) is 1. The van der Waals surface area contributed by atoms with E-state index in [0.29, 0.717) is 17.9 Å². The number of halogens is 1. The molecule has 2 aliphatic carbocycles. The van der Waals surface area contributed by atoms with E-state index in [9.17, 15) is 4.39 Å². The Morgan fingerprint density at radius 2 is 1.96 bits per heavy atom. The Balaban J connectivity index is 1.54. The third kappa shape index (κ3) is 1.96. The molecule has 1 spiro atoms. The normalized spacial score (nSPS) is 33.2. The molecule has 2 bridgehead atoms. The van der Waals surface area contributed by atoms with Crippen molar-refractivity contribution >= 4 is 0 Å². The number of rotatable bonds is 5. The van der Waals surface area contributed by atoms with E-state index in [0.717, 1.165) is 25.7 Å². The molecular weight excluding hydrogens is 297 g/mol. The second kappa shape index (κ2) is 4.84. The van der Waals surface area contributed by atoms with Crippen LogP contribution in [-0.4, -0.2) is 31.0 Å². The van der Waals surface area contributed by atoms with Crippen molar-refractivity contribution in [1.82, 2.24) is 5.32 Å². The zero-order chi connectivity index (χ0) is 16.3. The van der Waals surface area contributed by atoms with E-state index in [4.69, 9.17) is 14.2 Å². The topological polar surface area (TPSA) is 39.7 Å². The maximum atomic E-state index is 14.6. The molecular formula is C18H24FNO3. The van der Waals surface area contributed by atoms with Gasteiger partial charge in [-0.1, -0.05) is 6.07 Å². The van der Waals surface area contributed by atoms with Gasteiger partial charge in [0.05, 0.1) is 31.0 Å². The molecule has 4 nitrogen and oxygen atoms in total. The third-order valence-corrected chi connectivity index (χ3v) is 6.01. The lowest BCUT2D eigenvalue weighted by atomic mass is 9.57. The molecule has 0 aromatic heterocycles. The number of ether oxygens (including phenoxy) is 3. The summed E-state index contributed by atoms with van der Waals surface area (Å²) in [7, 11) is 2.97. The van der Waals surface area contributed by atoms with Crippen LogP contribution < -0.4 is 14.8 Å². The molecule has 5 heteroatoms. The molecule has 0 unspecified atom stereocenters. The average Bonchev–Trinajstić information content (AvgIpc) is 2.89. The summed E-state index contributed by atoms with van der Waals surface area (Å²) in [5.74, 6) is 0.242. The SMILES string of the molecule is COc1ccc(CNC23CC(C)(C2)OC32CCC2)c(F)c1OC. The Labute approximate surface area is 136 Å². The molecule has 0 amide bonds. The van der Waals surface area contributed by atoms with Crippen molar-refractivity contribution in [2.75, 3.05) is 14.2 Å². The van der Waals surface area contributed by atoms with Crippen LogP contribution in [0.4, 0.5) is 4.39 Å². The number of benzene rings is 1. The van der Waals surface area contributed by atoms with Gasteiger partial charge in [-0.05, 0) is 45.1 Å². The first-order valence-electron chi connectivity index (χ1n) is 8.31. The minimum absolute atomic E-state index is 0.0135. The molecule has 23 heavy (non-hydrogen) atoms. The Bertz CT molecular complexity index is 635. The Morgan fingerprint density at radius 3 is 2.52 bits per heavy atom. The van der Waals surface area contributed by atoms with Gasteiger partial charge < -0.3 is 19.5 Å². The van der Waals surface area contributed by atoms with Crippen molar-refractivity contribution in [3.05, 3.63) is 23.5 Å². The first-order valence-corrected chi connectivity index (χ1v) is 8.31. The minimum atomic E-state index is -0.348. The quantitative estimate of drug-likeness (QED) is 0.904. The lowest BCUT2D eigenvalue weighted by Crippen LogP contribution is -2.65. The van der Waals surface area contributed by atoms with Gasteiger partial charge in [-0.25, -0.2) is 4.39 Å². The standard InChI is InChI=1S/C18H24FNO3/c1-16-10-17(11-16,18(23-16)7-4-8-18)20-9-12-5-6-13(21-2)15(22-3)14(12)19/h5-6,20H,4,7-11H2,1-3H3. The molecule has 2 saturated heterocycles. The molecule has 4 aliphatic rings. The molecule has 2 aliphatic heterocycles. The smallest absolute Gasteiger partial charge is 0.197 e. The van der Waals surface area contributed by atoms with Crippen molar-refractivity contribution in [1.29, 1.82) is 0 Å². The summed E-state index contributed by atoms with van der Waals surface area (Å²) in [6.07, 6.45) is 5.50. The van der Waals surface area contributed by atoms with Crippen LogP contribution in [0.1, 0.15) is 44.6 Å². The lowest BCUT2D eigenvalue weighted by Gasteiger charge is -2.51. The van der Waals surface area contributed by atoms with Crippen molar-refractivity contribution in [3.8, 4) is 11.5 Å². The highest BCUT2D eigenvalue weighted by molar-refractivity contribution is 5.44. The highest BCUT2D eigenvalue weighted by Gasteiger charge is 2.74. The Morgan fingerprint density at radius 1 is 1.22 bits per heavy atom. The van der Waals surface area contributed by atoms with Crippen LogP contribution in [0.5, 0.6) is 11.5 Å². The van der Waals surface area contributed by atoms with Gasteiger partial charge in [0.15, 0.2) is 17.3 Å². The summed E-state index contributed by atoms with van der Waals surface area (Å²) in [6.45, 7) is 2.67. The van der Waals surface area contributed by atoms with Crippen molar-refractivity contribution < 1.29 is 18.6 Å². The fraction of sp³-hybridized carbons (Fsp3) is 0.667. The van der Waals surface area contributed by atoms with Gasteiger partial charge >= 0.3 is 0 Å². The van der Waals surface area contributed by atoms with Crippen molar-refractivity contribution in [2.45, 2.75) is 62.3 Å². The molecule has 1 N–H and O–H groups in total. The van der Waals surface area contributed by atoms with Gasteiger partial charge in [-0.2, -0.15) is 0 Å². The van der Waals surface area contributed by atoms with E-state index in [1.807, 2.05) is 0 Å². The zero-order valence-electron chi connectivity index (χ0n) is 14.0. The van der Waals surface area contributed by atoms with Crippen LogP contribution in [0.2, 0.25) is 0 Å². The second-order valence-corrected chi connectivity index (χ2v) is 7.46. The molecule has 126 valence electrons. The van der Waals surface area contributed by atoms with E-state index in [-0.39, 0.29) is 28.3 Å². The van der Waals surface area contributed by atoms with Gasteiger partial charge in [0, 0.05) is 12.1 Å². The summed E-state index contributed by atoms with van der Waals surface area (Å²) >= 11 is 0. The van der Waals surface area contributed by atoms with Crippen LogP contribution in [-0.2, 0) is 11.3 Å². The maximum Gasteiger partial charge on any atom is 0.197 e. The van der Waals surface area contributed by atoms with E-state index in [2.05, 4.69) is 12.2 Å². The van der Waals surface area contributed by atoms with Crippen LogP contribution >= 0.6 is 0 Å². The molecule has 1 aromatic rings. The van der Waals surface area contributed by atoms with Crippen molar-refractivity contribution in [3.63, 3.8) is 0 Å². The van der Waals surface area contributed by atoms with E-state index in [1.165, 1.54) is 20.6 Å². The molecule has 0 radical (unpaired) electrons. The number of hydrogen-bond acceptors (Lipinski definition) is 4. The van der Waals surface area contributed by atoms with E-state index in [1.54, 1.807) is 12.1 Å².